The summed E-state index contributed by atoms with van der Waals surface area (Å²) in [4.78, 5) is 0. The van der Waals surface area contributed by atoms with E-state index in [1.165, 1.54) is 66.8 Å². The summed E-state index contributed by atoms with van der Waals surface area (Å²) >= 11 is -5.54. The van der Waals surface area contributed by atoms with Crippen molar-refractivity contribution in [3.05, 3.63) is 129 Å². The van der Waals surface area contributed by atoms with Crippen LogP contribution in [0.5, 0.6) is 0 Å². The quantitative estimate of drug-likeness (QED) is 0.155. The Kier molecular flexibility index (Phi) is 8.62. The van der Waals surface area contributed by atoms with Crippen molar-refractivity contribution in [1.82, 2.24) is 0 Å². The summed E-state index contributed by atoms with van der Waals surface area (Å²) in [6.45, 7) is 28.3. The maximum absolute atomic E-state index is 6.02. The third-order valence-electron chi connectivity index (χ3n) is 14.2. The fourth-order valence-corrected chi connectivity index (χ4v) is 64.8. The monoisotopic (exact) mass is 860 g/mol. The molecule has 52 heavy (non-hydrogen) atoms. The van der Waals surface area contributed by atoms with Crippen LogP contribution in [0.3, 0.4) is 0 Å². The molecule has 2 aliphatic rings. The van der Waals surface area contributed by atoms with E-state index in [4.69, 9.17) is 4.26 Å². The summed E-state index contributed by atoms with van der Waals surface area (Å²) in [5, 5.41) is 0. The van der Waals surface area contributed by atoms with Gasteiger partial charge in [-0.15, -0.1) is 0 Å². The van der Waals surface area contributed by atoms with Gasteiger partial charge in [0.2, 0.25) is 0 Å². The molecule has 0 saturated carbocycles. The number of allylic oxidation sites excluding steroid dienone is 2. The van der Waals surface area contributed by atoms with Gasteiger partial charge in [0, 0.05) is 0 Å². The van der Waals surface area contributed by atoms with E-state index in [9.17, 15) is 0 Å². The van der Waals surface area contributed by atoms with Gasteiger partial charge >= 0.3 is 314 Å². The van der Waals surface area contributed by atoms with E-state index in [1.54, 1.807) is 0 Å². The molecule has 1 heteroatoms. The molecular formula is C51H68Hf. The molecule has 2 atom stereocenters. The summed E-state index contributed by atoms with van der Waals surface area (Å²) < 4.78 is 14.5. The van der Waals surface area contributed by atoms with Gasteiger partial charge < -0.3 is 0 Å². The van der Waals surface area contributed by atoms with Crippen molar-refractivity contribution in [3.8, 4) is 22.3 Å². The van der Waals surface area contributed by atoms with Crippen LogP contribution in [-0.4, -0.2) is 4.26 Å². The summed E-state index contributed by atoms with van der Waals surface area (Å²) in [7, 11) is 0. The van der Waals surface area contributed by atoms with Gasteiger partial charge in [-0.3, -0.25) is 0 Å². The summed E-state index contributed by atoms with van der Waals surface area (Å²) in [5.74, 6) is 1.02. The predicted octanol–water partition coefficient (Wildman–Crippen LogP) is 15.5. The van der Waals surface area contributed by atoms with Gasteiger partial charge in [-0.2, -0.15) is 0 Å². The minimum absolute atomic E-state index is 0.122. The molecule has 0 spiro atoms. The van der Waals surface area contributed by atoms with Crippen LogP contribution < -0.4 is 0 Å². The average molecular weight is 860 g/mol. The van der Waals surface area contributed by atoms with Gasteiger partial charge in [0.05, 0.1) is 0 Å². The van der Waals surface area contributed by atoms with Crippen molar-refractivity contribution in [1.29, 1.82) is 0 Å². The van der Waals surface area contributed by atoms with Crippen molar-refractivity contribution in [2.45, 2.75) is 119 Å². The molecule has 0 N–H and O–H groups in total. The van der Waals surface area contributed by atoms with E-state index < -0.39 is 15.1 Å². The molecule has 0 nitrogen and oxygen atoms in total. The Morgan fingerprint density at radius 2 is 0.923 bits per heavy atom. The van der Waals surface area contributed by atoms with Crippen LogP contribution >= 0.6 is 0 Å². The van der Waals surface area contributed by atoms with Gasteiger partial charge in [0.15, 0.2) is 0 Å². The first kappa shape index (κ1) is 38.8. The molecule has 0 aliphatic heterocycles. The second-order valence-corrected chi connectivity index (χ2v) is 72.9. The second-order valence-electron chi connectivity index (χ2n) is 23.0. The molecule has 0 heterocycles. The number of rotatable bonds is 8. The molecule has 0 radical (unpaired) electrons. The van der Waals surface area contributed by atoms with Crippen LogP contribution in [0.1, 0.15) is 121 Å². The van der Waals surface area contributed by atoms with Gasteiger partial charge in [-0.05, 0) is 0 Å². The first-order chi connectivity index (χ1) is 23.8. The Balaban J connectivity index is 1.60. The Labute approximate surface area is 312 Å². The van der Waals surface area contributed by atoms with Crippen LogP contribution in [0.4, 0.5) is 0 Å². The molecule has 0 amide bonds. The number of hydrogen-bond acceptors (Lipinski definition) is 0. The van der Waals surface area contributed by atoms with Gasteiger partial charge in [0.25, 0.3) is 0 Å². The molecule has 0 fully saturated rings. The van der Waals surface area contributed by atoms with E-state index in [1.807, 2.05) is 0 Å². The van der Waals surface area contributed by atoms with Crippen LogP contribution in [0.25, 0.3) is 34.4 Å². The third-order valence-corrected chi connectivity index (χ3v) is 58.1. The van der Waals surface area contributed by atoms with E-state index >= 15 is 0 Å². The molecule has 4 aromatic carbocycles. The van der Waals surface area contributed by atoms with Crippen molar-refractivity contribution >= 4 is 16.4 Å². The van der Waals surface area contributed by atoms with Crippen LogP contribution in [0.15, 0.2) is 84.9 Å². The Bertz CT molecular complexity index is 2120. The van der Waals surface area contributed by atoms with E-state index in [2.05, 4.69) is 190 Å². The second kappa shape index (κ2) is 11.6. The van der Waals surface area contributed by atoms with E-state index in [0.29, 0.717) is 11.8 Å². The molecule has 6 rings (SSSR count). The number of fused-ring (bicyclic) bond motifs is 2. The molecule has 0 aromatic heterocycles. The Morgan fingerprint density at radius 1 is 0.558 bits per heavy atom. The SMILES string of the molecule is [CH2]=[Hf]([CH3])([CH3])([CH2]C(C)C)([CH2]C(C)C)([CH]1C=Cc2c(-c3ccc(C(C)(C)C)cc3C)cccc21)[CH]1C=Cc2c(-c3ccc(C(C)(C)C)cc3C)cccc21. The van der Waals surface area contributed by atoms with Crippen LogP contribution in [0.2, 0.25) is 17.7 Å². The number of aryl methyl sites for hydroxylation is 2. The summed E-state index contributed by atoms with van der Waals surface area (Å²) in [6, 6.07) is 28.6. The zero-order chi connectivity index (χ0) is 38.3. The predicted molar refractivity (Wildman–Crippen MR) is 232 cm³/mol. The van der Waals surface area contributed by atoms with E-state index in [-0.39, 0.29) is 18.2 Å². The fourth-order valence-electron chi connectivity index (χ4n) is 12.9. The van der Waals surface area contributed by atoms with Crippen molar-refractivity contribution in [2.24, 2.45) is 11.8 Å². The van der Waals surface area contributed by atoms with Crippen molar-refractivity contribution in [2.75, 3.05) is 0 Å². The molecule has 0 bridgehead atoms. The van der Waals surface area contributed by atoms with Crippen molar-refractivity contribution in [3.63, 3.8) is 0 Å². The zero-order valence-corrected chi connectivity index (χ0v) is 38.8. The third kappa shape index (κ3) is 6.01. The molecule has 276 valence electrons. The summed E-state index contributed by atoms with van der Waals surface area (Å²) in [6.07, 6.45) is 10.3. The van der Waals surface area contributed by atoms with Crippen LogP contribution in [-0.2, 0) is 25.9 Å². The fraction of sp³-hybridized carbons (Fsp3) is 0.431. The first-order valence-corrected chi connectivity index (χ1v) is 39.2. The number of benzene rings is 4. The van der Waals surface area contributed by atoms with Gasteiger partial charge in [0.1, 0.15) is 0 Å². The standard InChI is InChI=1S/2C20H21.2C4H9.2CH3.CH2.Hf/c2*1-14-13-16(20(2,3)4)11-12-17(14)19-10-6-8-15-7-5-9-18(15)19;2*1-4(2)3;;;;/h2*5-13H,1-4H3;2*4H,1H2,2-3H3;2*1H3;1H2;. The maximum atomic E-state index is 6.02. The van der Waals surface area contributed by atoms with Gasteiger partial charge in [-0.1, -0.05) is 0 Å². The molecule has 2 aliphatic carbocycles. The number of hydrogen-bond donors (Lipinski definition) is 0. The van der Waals surface area contributed by atoms with E-state index in [0.717, 1.165) is 8.35 Å². The molecule has 2 unspecified atom stereocenters. The minimum atomic E-state index is -5.54. The molecular weight excluding hydrogens is 791 g/mol. The van der Waals surface area contributed by atoms with Gasteiger partial charge in [-0.25, -0.2) is 0 Å². The topological polar surface area (TPSA) is 0 Å². The summed E-state index contributed by atoms with van der Waals surface area (Å²) in [5.41, 5.74) is 16.9. The average Bonchev–Trinajstić information content (AvgIpc) is 3.66. The zero-order valence-electron chi connectivity index (χ0n) is 35.2. The van der Waals surface area contributed by atoms with Crippen LogP contribution in [0, 0.1) is 25.7 Å². The normalized spacial score (nSPS) is 19.3. The Morgan fingerprint density at radius 3 is 1.23 bits per heavy atom. The Hall–Kier alpha value is -2.90. The molecule has 4 aromatic rings. The first-order valence-electron chi connectivity index (χ1n) is 20.2. The molecule has 0 saturated heterocycles. The van der Waals surface area contributed by atoms with Crippen molar-refractivity contribution < 1.29 is 15.1 Å².